The number of nitrogens with zero attached hydrogens (tertiary/aromatic N) is 4. The van der Waals surface area contributed by atoms with E-state index in [4.69, 9.17) is 17.5 Å². The molecule has 0 aromatic heterocycles. The summed E-state index contributed by atoms with van der Waals surface area (Å²) in [5.41, 5.74) is -1.63. The Balaban J connectivity index is 1.86. The maximum Gasteiger partial charge on any atom is 0.415 e. The maximum absolute atomic E-state index is 13.1. The Morgan fingerprint density at radius 3 is 2.48 bits per heavy atom. The van der Waals surface area contributed by atoms with Gasteiger partial charge in [-0.2, -0.15) is 18.4 Å². The molecule has 1 amide bonds. The molecule has 9 heteroatoms. The first-order valence-electron chi connectivity index (χ1n) is 9.20. The second-order valence-electron chi connectivity index (χ2n) is 6.86. The Morgan fingerprint density at radius 1 is 1.34 bits per heavy atom. The Kier molecular flexibility index (Phi) is 5.75. The van der Waals surface area contributed by atoms with E-state index in [1.165, 1.54) is 17.9 Å². The molecule has 1 aromatic rings. The fourth-order valence-electron chi connectivity index (χ4n) is 3.67. The van der Waals surface area contributed by atoms with E-state index in [-0.39, 0.29) is 18.9 Å². The van der Waals surface area contributed by atoms with Crippen molar-refractivity contribution in [2.24, 2.45) is 4.99 Å². The molecule has 1 aromatic carbocycles. The summed E-state index contributed by atoms with van der Waals surface area (Å²) in [6, 6.07) is 10.8. The largest absolute Gasteiger partial charge is 0.415 e. The standard InChI is InChI=1S/C20H19F3N4OS/c1-2-15(20(21,22)23)16(13-24)25-11-12-26-17(28)19(9-6-10-19)27(18(26)29)14-7-4-3-5-8-14/h3-5,7-8,11H,2,6,9-10,12H2,1H3/b16-15+,25-11-. The normalized spacial score (nSPS) is 19.6. The highest BCUT2D eigenvalue weighted by Gasteiger charge is 2.58. The quantitative estimate of drug-likeness (QED) is 0.403. The van der Waals surface area contributed by atoms with Crippen LogP contribution in [0.1, 0.15) is 32.6 Å². The van der Waals surface area contributed by atoms with Crippen LogP contribution in [0.5, 0.6) is 0 Å². The number of para-hydroxylation sites is 1. The maximum atomic E-state index is 13.1. The van der Waals surface area contributed by atoms with Gasteiger partial charge in [0.05, 0.1) is 12.1 Å². The fraction of sp³-hybridized carbons (Fsp3) is 0.400. The highest BCUT2D eigenvalue weighted by Crippen LogP contribution is 2.46. The van der Waals surface area contributed by atoms with Gasteiger partial charge in [-0.05, 0) is 50.0 Å². The second kappa shape index (κ2) is 7.95. The topological polar surface area (TPSA) is 59.7 Å². The third-order valence-corrected chi connectivity index (χ3v) is 5.66. The van der Waals surface area contributed by atoms with Crippen LogP contribution in [0.15, 0.2) is 46.6 Å². The van der Waals surface area contributed by atoms with Crippen LogP contribution < -0.4 is 4.90 Å². The van der Waals surface area contributed by atoms with Crippen LogP contribution in [0.25, 0.3) is 0 Å². The van der Waals surface area contributed by atoms with Crippen molar-refractivity contribution in [3.63, 3.8) is 0 Å². The van der Waals surface area contributed by atoms with Crippen molar-refractivity contribution in [1.29, 1.82) is 5.26 Å². The molecule has 1 aliphatic carbocycles. The van der Waals surface area contributed by atoms with Crippen molar-refractivity contribution < 1.29 is 18.0 Å². The predicted molar refractivity (Wildman–Crippen MR) is 107 cm³/mol. The number of anilines is 1. The van der Waals surface area contributed by atoms with Crippen LogP contribution in [-0.2, 0) is 4.79 Å². The molecule has 3 rings (SSSR count). The molecule has 1 spiro atoms. The number of hydrogen-bond donors (Lipinski definition) is 0. The summed E-state index contributed by atoms with van der Waals surface area (Å²) in [4.78, 5) is 20.0. The number of rotatable bonds is 5. The summed E-state index contributed by atoms with van der Waals surface area (Å²) >= 11 is 5.52. The van der Waals surface area contributed by atoms with Gasteiger partial charge in [0.25, 0.3) is 5.91 Å². The summed E-state index contributed by atoms with van der Waals surface area (Å²) in [5.74, 6) is -0.182. The van der Waals surface area contributed by atoms with Crippen LogP contribution >= 0.6 is 12.2 Å². The van der Waals surface area contributed by atoms with Crippen molar-refractivity contribution in [1.82, 2.24) is 4.90 Å². The first-order valence-corrected chi connectivity index (χ1v) is 9.61. The van der Waals surface area contributed by atoms with E-state index in [0.717, 1.165) is 18.3 Å². The Hall–Kier alpha value is -2.73. The smallest absolute Gasteiger partial charge is 0.303 e. The lowest BCUT2D eigenvalue weighted by molar-refractivity contribution is -0.132. The number of carbonyl (C=O) groups is 1. The summed E-state index contributed by atoms with van der Waals surface area (Å²) in [7, 11) is 0. The van der Waals surface area contributed by atoms with Gasteiger partial charge in [-0.3, -0.25) is 9.69 Å². The Labute approximate surface area is 172 Å². The molecule has 1 saturated heterocycles. The van der Waals surface area contributed by atoms with Gasteiger partial charge in [-0.1, -0.05) is 25.1 Å². The van der Waals surface area contributed by atoms with Crippen molar-refractivity contribution in [3.8, 4) is 6.07 Å². The average Bonchev–Trinajstić information content (AvgIpc) is 2.88. The van der Waals surface area contributed by atoms with Gasteiger partial charge in [-0.25, -0.2) is 4.99 Å². The molecule has 0 atom stereocenters. The second-order valence-corrected chi connectivity index (χ2v) is 7.22. The number of hydrogen-bond acceptors (Lipinski definition) is 4. The Morgan fingerprint density at radius 2 is 2.00 bits per heavy atom. The molecule has 2 fully saturated rings. The van der Waals surface area contributed by atoms with Gasteiger partial charge in [0.15, 0.2) is 5.11 Å². The third kappa shape index (κ3) is 3.65. The molecule has 0 unspecified atom stereocenters. The van der Waals surface area contributed by atoms with E-state index in [9.17, 15) is 18.0 Å². The lowest BCUT2D eigenvalue weighted by Gasteiger charge is -2.43. The van der Waals surface area contributed by atoms with Crippen molar-refractivity contribution >= 4 is 35.1 Å². The zero-order valence-corrected chi connectivity index (χ0v) is 16.6. The third-order valence-electron chi connectivity index (χ3n) is 5.26. The lowest BCUT2D eigenvalue weighted by atomic mass is 9.75. The van der Waals surface area contributed by atoms with Crippen LogP contribution in [0.4, 0.5) is 18.9 Å². The minimum Gasteiger partial charge on any atom is -0.303 e. The van der Waals surface area contributed by atoms with E-state index in [1.807, 2.05) is 35.2 Å². The molecule has 1 saturated carbocycles. The van der Waals surface area contributed by atoms with E-state index in [0.29, 0.717) is 18.0 Å². The summed E-state index contributed by atoms with van der Waals surface area (Å²) in [6.07, 6.45) is -1.64. The van der Waals surface area contributed by atoms with Crippen LogP contribution in [-0.4, -0.2) is 40.4 Å². The van der Waals surface area contributed by atoms with Gasteiger partial charge in [0.2, 0.25) is 0 Å². The van der Waals surface area contributed by atoms with Crippen molar-refractivity contribution in [2.75, 3.05) is 11.4 Å². The first-order chi connectivity index (χ1) is 13.8. The van der Waals surface area contributed by atoms with E-state index >= 15 is 0 Å². The van der Waals surface area contributed by atoms with Crippen molar-refractivity contribution in [3.05, 3.63) is 41.6 Å². The average molecular weight is 420 g/mol. The lowest BCUT2D eigenvalue weighted by Crippen LogP contribution is -2.55. The number of alkyl halides is 3. The molecule has 2 aliphatic rings. The number of nitriles is 1. The molecule has 5 nitrogen and oxygen atoms in total. The summed E-state index contributed by atoms with van der Waals surface area (Å²) in [6.45, 7) is 1.22. The van der Waals surface area contributed by atoms with Crippen LogP contribution in [0.3, 0.4) is 0 Å². The minimum absolute atomic E-state index is 0.0945. The first kappa shape index (κ1) is 21.0. The monoisotopic (exact) mass is 420 g/mol. The van der Waals surface area contributed by atoms with Crippen LogP contribution in [0.2, 0.25) is 0 Å². The SMILES string of the molecule is CC/C(=C(C#N)\N=C/CN1C(=O)C2(CCC2)N(c2ccccc2)C1=S)C(F)(F)F. The highest BCUT2D eigenvalue weighted by molar-refractivity contribution is 7.80. The van der Waals surface area contributed by atoms with Crippen LogP contribution in [0, 0.1) is 11.3 Å². The number of amides is 1. The molecule has 0 radical (unpaired) electrons. The van der Waals surface area contributed by atoms with Gasteiger partial charge in [-0.15, -0.1) is 0 Å². The van der Waals surface area contributed by atoms with E-state index in [1.54, 1.807) is 0 Å². The fourth-order valence-corrected chi connectivity index (χ4v) is 4.11. The number of thiocarbonyl (C=S) groups is 1. The number of carbonyl (C=O) groups excluding carboxylic acids is 1. The molecule has 1 aliphatic heterocycles. The number of benzene rings is 1. The molecule has 0 bridgehead atoms. The molecule has 29 heavy (non-hydrogen) atoms. The zero-order chi connectivity index (χ0) is 21.2. The van der Waals surface area contributed by atoms with Gasteiger partial charge >= 0.3 is 6.18 Å². The highest BCUT2D eigenvalue weighted by atomic mass is 32.1. The summed E-state index contributed by atoms with van der Waals surface area (Å²) < 4.78 is 39.1. The molecule has 0 N–H and O–H groups in total. The van der Waals surface area contributed by atoms with E-state index < -0.39 is 23.0 Å². The van der Waals surface area contributed by atoms with Gasteiger partial charge in [0, 0.05) is 11.9 Å². The number of halogens is 3. The molecular formula is C20H19F3N4OS. The van der Waals surface area contributed by atoms with E-state index in [2.05, 4.69) is 4.99 Å². The predicted octanol–water partition coefficient (Wildman–Crippen LogP) is 4.36. The number of allylic oxidation sites excluding steroid dienone is 2. The summed E-state index contributed by atoms with van der Waals surface area (Å²) in [5, 5.41) is 9.36. The zero-order valence-electron chi connectivity index (χ0n) is 15.7. The minimum atomic E-state index is -4.63. The Bertz CT molecular complexity index is 914. The molecular weight excluding hydrogens is 401 g/mol. The molecule has 1 heterocycles. The molecule has 152 valence electrons. The van der Waals surface area contributed by atoms with Gasteiger partial charge < -0.3 is 4.90 Å². The van der Waals surface area contributed by atoms with Gasteiger partial charge in [0.1, 0.15) is 17.3 Å². The number of aliphatic imine (C=N–C) groups is 1. The van der Waals surface area contributed by atoms with Crippen molar-refractivity contribution in [2.45, 2.75) is 44.3 Å².